The Balaban J connectivity index is 1.50. The molecule has 130 valence electrons. The van der Waals surface area contributed by atoms with Crippen molar-refractivity contribution in [2.24, 2.45) is 7.05 Å². The zero-order chi connectivity index (χ0) is 17.2. The molecule has 1 unspecified atom stereocenters. The lowest BCUT2D eigenvalue weighted by atomic mass is 10.0. The third-order valence-electron chi connectivity index (χ3n) is 5.33. The Morgan fingerprint density at radius 3 is 2.96 bits per heavy atom. The van der Waals surface area contributed by atoms with E-state index in [2.05, 4.69) is 68.9 Å². The van der Waals surface area contributed by atoms with Crippen molar-refractivity contribution >= 4 is 16.7 Å². The van der Waals surface area contributed by atoms with Crippen LogP contribution in [0.4, 0.5) is 5.82 Å². The third kappa shape index (κ3) is 3.24. The van der Waals surface area contributed by atoms with Gasteiger partial charge in [-0.25, -0.2) is 9.97 Å². The van der Waals surface area contributed by atoms with Crippen LogP contribution in [0.15, 0.2) is 49.1 Å². The second kappa shape index (κ2) is 6.84. The number of aromatic nitrogens is 3. The molecule has 3 aromatic rings. The molecular weight excluding hydrogens is 310 g/mol. The Hall–Kier alpha value is -2.40. The van der Waals surface area contributed by atoms with E-state index in [-0.39, 0.29) is 0 Å². The first-order valence-corrected chi connectivity index (χ1v) is 8.96. The highest BCUT2D eigenvalue weighted by atomic mass is 15.2. The molecule has 5 nitrogen and oxygen atoms in total. The van der Waals surface area contributed by atoms with E-state index < -0.39 is 0 Å². The maximum Gasteiger partial charge on any atom is 0.131 e. The average molecular weight is 335 g/mol. The zero-order valence-corrected chi connectivity index (χ0v) is 15.0. The number of piperidine rings is 1. The fourth-order valence-corrected chi connectivity index (χ4v) is 3.96. The summed E-state index contributed by atoms with van der Waals surface area (Å²) in [6.07, 6.45) is 8.16. The first-order valence-electron chi connectivity index (χ1n) is 8.96. The second-order valence-electron chi connectivity index (χ2n) is 6.99. The fourth-order valence-electron chi connectivity index (χ4n) is 3.96. The summed E-state index contributed by atoms with van der Waals surface area (Å²) < 4.78 is 2.24. The van der Waals surface area contributed by atoms with Crippen LogP contribution in [-0.2, 0) is 13.6 Å². The van der Waals surface area contributed by atoms with Gasteiger partial charge in [0.2, 0.25) is 0 Å². The van der Waals surface area contributed by atoms with E-state index in [0.29, 0.717) is 6.04 Å². The molecule has 25 heavy (non-hydrogen) atoms. The lowest BCUT2D eigenvalue weighted by molar-refractivity contribution is 0.199. The lowest BCUT2D eigenvalue weighted by Crippen LogP contribution is -2.46. The minimum absolute atomic E-state index is 0.499. The van der Waals surface area contributed by atoms with Crippen molar-refractivity contribution in [1.82, 2.24) is 19.4 Å². The van der Waals surface area contributed by atoms with Crippen LogP contribution in [0.25, 0.3) is 10.9 Å². The minimum Gasteiger partial charge on any atom is -0.355 e. The monoisotopic (exact) mass is 335 g/mol. The molecule has 1 atom stereocenters. The smallest absolute Gasteiger partial charge is 0.131 e. The van der Waals surface area contributed by atoms with Crippen molar-refractivity contribution < 1.29 is 0 Å². The van der Waals surface area contributed by atoms with Gasteiger partial charge < -0.3 is 9.47 Å². The minimum atomic E-state index is 0.499. The molecule has 0 N–H and O–H groups in total. The number of hydrogen-bond donors (Lipinski definition) is 0. The summed E-state index contributed by atoms with van der Waals surface area (Å²) in [5.41, 5.74) is 2.73. The molecule has 4 rings (SSSR count). The van der Waals surface area contributed by atoms with Crippen molar-refractivity contribution in [2.75, 3.05) is 25.0 Å². The largest absolute Gasteiger partial charge is 0.355 e. The molecule has 1 aromatic carbocycles. The fraction of sp³-hybridized carbons (Fsp3) is 0.400. The van der Waals surface area contributed by atoms with Crippen molar-refractivity contribution in [3.8, 4) is 0 Å². The van der Waals surface area contributed by atoms with Gasteiger partial charge in [0.25, 0.3) is 0 Å². The molecule has 1 fully saturated rings. The Bertz CT molecular complexity index is 842. The predicted molar refractivity (Wildman–Crippen MR) is 102 cm³/mol. The van der Waals surface area contributed by atoms with Gasteiger partial charge in [0.05, 0.1) is 0 Å². The van der Waals surface area contributed by atoms with Gasteiger partial charge in [-0.2, -0.15) is 0 Å². The van der Waals surface area contributed by atoms with Gasteiger partial charge in [-0.15, -0.1) is 0 Å². The van der Waals surface area contributed by atoms with E-state index in [1.54, 1.807) is 6.33 Å². The predicted octanol–water partition coefficient (Wildman–Crippen LogP) is 3.07. The second-order valence-corrected chi connectivity index (χ2v) is 6.99. The van der Waals surface area contributed by atoms with Gasteiger partial charge in [-0.05, 0) is 37.1 Å². The summed E-state index contributed by atoms with van der Waals surface area (Å²) in [4.78, 5) is 13.3. The molecule has 2 aromatic heterocycles. The number of benzene rings is 1. The molecule has 3 heterocycles. The van der Waals surface area contributed by atoms with Crippen LogP contribution in [-0.4, -0.2) is 45.6 Å². The quantitative estimate of drug-likeness (QED) is 0.734. The van der Waals surface area contributed by atoms with Crippen LogP contribution in [0, 0.1) is 0 Å². The molecule has 0 radical (unpaired) electrons. The van der Waals surface area contributed by atoms with Crippen molar-refractivity contribution in [3.05, 3.63) is 54.6 Å². The van der Waals surface area contributed by atoms with Gasteiger partial charge in [-0.3, -0.25) is 4.90 Å². The summed E-state index contributed by atoms with van der Waals surface area (Å²) in [6, 6.07) is 11.2. The summed E-state index contributed by atoms with van der Waals surface area (Å²) >= 11 is 0. The Morgan fingerprint density at radius 1 is 1.24 bits per heavy atom. The number of likely N-dealkylation sites (N-methyl/N-ethyl adjacent to an activating group) is 1. The maximum atomic E-state index is 4.40. The number of fused-ring (bicyclic) bond motifs is 1. The van der Waals surface area contributed by atoms with Gasteiger partial charge in [0.1, 0.15) is 12.1 Å². The molecule has 0 amide bonds. The average Bonchev–Trinajstić information content (AvgIpc) is 2.98. The summed E-state index contributed by atoms with van der Waals surface area (Å²) in [7, 11) is 4.28. The van der Waals surface area contributed by atoms with Gasteiger partial charge in [0, 0.05) is 56.5 Å². The third-order valence-corrected chi connectivity index (χ3v) is 5.33. The van der Waals surface area contributed by atoms with E-state index in [0.717, 1.165) is 25.5 Å². The van der Waals surface area contributed by atoms with E-state index in [1.165, 1.54) is 29.3 Å². The molecule has 5 heteroatoms. The van der Waals surface area contributed by atoms with Crippen LogP contribution >= 0.6 is 0 Å². The van der Waals surface area contributed by atoms with Gasteiger partial charge in [-0.1, -0.05) is 18.2 Å². The molecule has 0 saturated carbocycles. The van der Waals surface area contributed by atoms with E-state index >= 15 is 0 Å². The molecule has 1 aliphatic heterocycles. The highest BCUT2D eigenvalue weighted by Gasteiger charge is 2.24. The van der Waals surface area contributed by atoms with Crippen molar-refractivity contribution in [1.29, 1.82) is 0 Å². The summed E-state index contributed by atoms with van der Waals surface area (Å²) in [6.45, 7) is 3.25. The SMILES string of the molecule is CN(c1ccncn1)C1CCCN(Cc2cn(C)c3ccccc23)C1. The lowest BCUT2D eigenvalue weighted by Gasteiger charge is -2.38. The Morgan fingerprint density at radius 2 is 2.12 bits per heavy atom. The molecule has 0 spiro atoms. The molecular formula is C20H25N5. The Labute approximate surface area is 148 Å². The topological polar surface area (TPSA) is 37.2 Å². The number of hydrogen-bond acceptors (Lipinski definition) is 4. The van der Waals surface area contributed by atoms with Crippen LogP contribution in [0.2, 0.25) is 0 Å². The van der Waals surface area contributed by atoms with E-state index in [1.807, 2.05) is 12.3 Å². The number of likely N-dealkylation sites (tertiary alicyclic amines) is 1. The van der Waals surface area contributed by atoms with Crippen molar-refractivity contribution in [3.63, 3.8) is 0 Å². The molecule has 1 saturated heterocycles. The standard InChI is InChI=1S/C20H25N5/c1-23-12-16(18-7-3-4-8-19(18)23)13-25-11-5-6-17(14-25)24(2)20-9-10-21-15-22-20/h3-4,7-10,12,15,17H,5-6,11,13-14H2,1-2H3. The number of aryl methyl sites for hydroxylation is 1. The first kappa shape index (κ1) is 16.1. The number of nitrogens with zero attached hydrogens (tertiary/aromatic N) is 5. The van der Waals surface area contributed by atoms with Crippen molar-refractivity contribution in [2.45, 2.75) is 25.4 Å². The van der Waals surface area contributed by atoms with Crippen LogP contribution < -0.4 is 4.90 Å². The van der Waals surface area contributed by atoms with E-state index in [9.17, 15) is 0 Å². The number of rotatable bonds is 4. The summed E-state index contributed by atoms with van der Waals surface area (Å²) in [5, 5.41) is 1.37. The normalized spacial score (nSPS) is 18.6. The summed E-state index contributed by atoms with van der Waals surface area (Å²) in [5.74, 6) is 1.01. The van der Waals surface area contributed by atoms with Crippen LogP contribution in [0.3, 0.4) is 0 Å². The van der Waals surface area contributed by atoms with Gasteiger partial charge >= 0.3 is 0 Å². The number of para-hydroxylation sites is 1. The highest BCUT2D eigenvalue weighted by molar-refractivity contribution is 5.83. The zero-order valence-electron chi connectivity index (χ0n) is 15.0. The molecule has 1 aliphatic rings. The van der Waals surface area contributed by atoms with Crippen LogP contribution in [0.5, 0.6) is 0 Å². The molecule has 0 aliphatic carbocycles. The highest BCUT2D eigenvalue weighted by Crippen LogP contribution is 2.25. The van der Waals surface area contributed by atoms with Crippen LogP contribution in [0.1, 0.15) is 18.4 Å². The first-order chi connectivity index (χ1) is 12.2. The molecule has 0 bridgehead atoms. The Kier molecular flexibility index (Phi) is 4.40. The van der Waals surface area contributed by atoms with Gasteiger partial charge in [0.15, 0.2) is 0 Å². The number of anilines is 1. The van der Waals surface area contributed by atoms with E-state index in [4.69, 9.17) is 0 Å². The maximum absolute atomic E-state index is 4.40.